The van der Waals surface area contributed by atoms with E-state index >= 15 is 8.78 Å². The fourth-order valence-electron chi connectivity index (χ4n) is 11.0. The van der Waals surface area contributed by atoms with Gasteiger partial charge in [-0.3, -0.25) is 24.5 Å². The van der Waals surface area contributed by atoms with E-state index in [1.54, 1.807) is 29.2 Å². The minimum Gasteiger partial charge on any atom is -0.493 e. The van der Waals surface area contributed by atoms with Crippen molar-refractivity contribution in [2.45, 2.75) is 109 Å². The van der Waals surface area contributed by atoms with Gasteiger partial charge in [-0.1, -0.05) is 64.0 Å². The van der Waals surface area contributed by atoms with E-state index in [0.29, 0.717) is 37.3 Å². The third-order valence-electron chi connectivity index (χ3n) is 14.8. The molecule has 4 aliphatic heterocycles. The zero-order chi connectivity index (χ0) is 50.8. The second-order valence-electron chi connectivity index (χ2n) is 19.8. The number of para-hydroxylation sites is 1. The minimum atomic E-state index is -0.812. The largest absolute Gasteiger partial charge is 0.493 e. The molecule has 17 heteroatoms. The number of hydrogen-bond donors (Lipinski definition) is 1. The van der Waals surface area contributed by atoms with Crippen LogP contribution in [0.1, 0.15) is 117 Å². The normalized spacial score (nSPS) is 18.8. The van der Waals surface area contributed by atoms with Gasteiger partial charge >= 0.3 is 5.69 Å². The number of imide groups is 1. The number of nitrogens with one attached hydrogen (secondary N) is 1. The molecule has 0 radical (unpaired) electrons. The van der Waals surface area contributed by atoms with Gasteiger partial charge in [0.15, 0.2) is 11.5 Å². The second kappa shape index (κ2) is 21.5. The first kappa shape index (κ1) is 50.1. The number of halogens is 3. The molecule has 3 fully saturated rings. The van der Waals surface area contributed by atoms with E-state index in [9.17, 15) is 28.4 Å². The molecule has 3 saturated heterocycles. The zero-order valence-corrected chi connectivity index (χ0v) is 41.1. The zero-order valence-electron chi connectivity index (χ0n) is 41.1. The van der Waals surface area contributed by atoms with E-state index in [0.717, 1.165) is 74.8 Å². The number of pyridine rings is 1. The number of aromatic nitrogens is 3. The lowest BCUT2D eigenvalue weighted by molar-refractivity contribution is -0.137. The molecule has 1 N–H and O–H groups in total. The Kier molecular flexibility index (Phi) is 14.9. The van der Waals surface area contributed by atoms with Crippen LogP contribution in [0, 0.1) is 17.5 Å². The number of anilines is 1. The quantitative estimate of drug-likeness (QED) is 0.0583. The molecule has 6 heterocycles. The third-order valence-corrected chi connectivity index (χ3v) is 14.8. The summed E-state index contributed by atoms with van der Waals surface area (Å²) in [5, 5.41) is 2.59. The molecule has 3 aromatic carbocycles. The molecular formula is C55H61F3N8O6. The average Bonchev–Trinajstić information content (AvgIpc) is 3.69. The fraction of sp³-hybridized carbons (Fsp3) is 0.436. The van der Waals surface area contributed by atoms with Crippen LogP contribution >= 0.6 is 0 Å². The Bertz CT molecular complexity index is 2990. The summed E-state index contributed by atoms with van der Waals surface area (Å²) in [6.07, 6.45) is 7.79. The summed E-state index contributed by atoms with van der Waals surface area (Å²) in [5.41, 5.74) is 2.33. The Hall–Kier alpha value is -6.88. The fourth-order valence-corrected chi connectivity index (χ4v) is 11.0. The molecule has 72 heavy (non-hydrogen) atoms. The van der Waals surface area contributed by atoms with Crippen LogP contribution in [0.3, 0.4) is 0 Å². The number of carbonyl (C=O) groups excluding carboxylic acids is 4. The first-order chi connectivity index (χ1) is 34.7. The molecule has 0 saturated carbocycles. The Morgan fingerprint density at radius 1 is 0.875 bits per heavy atom. The van der Waals surface area contributed by atoms with Gasteiger partial charge in [-0.2, -0.15) is 4.98 Å². The van der Waals surface area contributed by atoms with Gasteiger partial charge in [-0.25, -0.2) is 27.5 Å². The van der Waals surface area contributed by atoms with Gasteiger partial charge in [-0.15, -0.1) is 0 Å². The predicted molar refractivity (Wildman–Crippen MR) is 268 cm³/mol. The number of likely N-dealkylation sites (tertiary alicyclic amines) is 1. The number of piperazine rings is 1. The molecule has 378 valence electrons. The number of fused-ring (bicyclic) bond motifs is 2. The van der Waals surface area contributed by atoms with Crippen LogP contribution in [0.5, 0.6) is 5.75 Å². The summed E-state index contributed by atoms with van der Waals surface area (Å²) in [5.74, 6) is -2.97. The summed E-state index contributed by atoms with van der Waals surface area (Å²) in [6.45, 7) is 13.6. The van der Waals surface area contributed by atoms with Gasteiger partial charge in [0.2, 0.25) is 17.7 Å². The maximum absolute atomic E-state index is 16.7. The Labute approximate surface area is 416 Å². The lowest BCUT2D eigenvalue weighted by Gasteiger charge is -2.40. The van der Waals surface area contributed by atoms with Gasteiger partial charge in [0.1, 0.15) is 34.9 Å². The Morgan fingerprint density at radius 3 is 2.39 bits per heavy atom. The first-order valence-corrected chi connectivity index (χ1v) is 25.2. The van der Waals surface area contributed by atoms with E-state index in [2.05, 4.69) is 21.8 Å². The number of nitrogens with zero attached hydrogens (tertiary/aromatic N) is 7. The van der Waals surface area contributed by atoms with Crippen molar-refractivity contribution in [2.24, 2.45) is 0 Å². The summed E-state index contributed by atoms with van der Waals surface area (Å²) >= 11 is 0. The van der Waals surface area contributed by atoms with Crippen LogP contribution in [0.2, 0.25) is 0 Å². The molecule has 4 amide bonds. The SMILES string of the molecule is C=CC(=O)N1CCN(c2nc(=O)n(-c3ccccc3C(C)C)c3nc(-c4c(F)cccc4OCCCCCCCN4CCC(c5cc(F)cc6c5CN(C5CCC(=O)NC5=O)C6=O)CC4)c(F)cc23)[C@@H](C)C1. The van der Waals surface area contributed by atoms with Crippen molar-refractivity contribution in [1.29, 1.82) is 0 Å². The van der Waals surface area contributed by atoms with Crippen LogP contribution in [0.25, 0.3) is 28.0 Å². The number of carbonyl (C=O) groups is 4. The lowest BCUT2D eigenvalue weighted by atomic mass is 9.85. The molecular weight excluding hydrogens is 926 g/mol. The minimum absolute atomic E-state index is 0.00414. The van der Waals surface area contributed by atoms with Crippen molar-refractivity contribution >= 4 is 40.5 Å². The summed E-state index contributed by atoms with van der Waals surface area (Å²) in [6, 6.07) is 14.8. The monoisotopic (exact) mass is 986 g/mol. The summed E-state index contributed by atoms with van der Waals surface area (Å²) in [7, 11) is 0. The highest BCUT2D eigenvalue weighted by Gasteiger charge is 2.41. The van der Waals surface area contributed by atoms with Crippen molar-refractivity contribution in [3.63, 3.8) is 0 Å². The number of amides is 4. The van der Waals surface area contributed by atoms with E-state index in [1.807, 2.05) is 37.8 Å². The second-order valence-corrected chi connectivity index (χ2v) is 19.8. The van der Waals surface area contributed by atoms with Crippen LogP contribution in [0.4, 0.5) is 19.0 Å². The van der Waals surface area contributed by atoms with Crippen molar-refractivity contribution in [3.05, 3.63) is 124 Å². The van der Waals surface area contributed by atoms with Crippen LogP contribution < -0.4 is 20.6 Å². The number of hydrogen-bond acceptors (Lipinski definition) is 10. The van der Waals surface area contributed by atoms with Crippen molar-refractivity contribution in [3.8, 4) is 22.7 Å². The van der Waals surface area contributed by atoms with Crippen molar-refractivity contribution < 1.29 is 37.1 Å². The smallest absolute Gasteiger partial charge is 0.355 e. The number of ether oxygens (including phenoxy) is 1. The van der Waals surface area contributed by atoms with Crippen LogP contribution in [-0.2, 0) is 20.9 Å². The van der Waals surface area contributed by atoms with E-state index in [4.69, 9.17) is 9.72 Å². The molecule has 2 atom stereocenters. The third kappa shape index (κ3) is 10.1. The Balaban J connectivity index is 0.825. The highest BCUT2D eigenvalue weighted by molar-refractivity contribution is 6.05. The maximum atomic E-state index is 16.7. The van der Waals surface area contributed by atoms with Gasteiger partial charge < -0.3 is 24.3 Å². The van der Waals surface area contributed by atoms with Gasteiger partial charge in [0.05, 0.1) is 23.2 Å². The topological polar surface area (TPSA) is 150 Å². The molecule has 9 rings (SSSR count). The van der Waals surface area contributed by atoms with Gasteiger partial charge in [-0.05, 0) is 130 Å². The van der Waals surface area contributed by atoms with E-state index < -0.39 is 35.1 Å². The van der Waals surface area contributed by atoms with Crippen molar-refractivity contribution in [2.75, 3.05) is 50.8 Å². The van der Waals surface area contributed by atoms with Crippen LogP contribution in [0.15, 0.2) is 78.1 Å². The number of rotatable bonds is 16. The average molecular weight is 987 g/mol. The predicted octanol–water partition coefficient (Wildman–Crippen LogP) is 8.18. The molecule has 2 aromatic heterocycles. The summed E-state index contributed by atoms with van der Waals surface area (Å²) in [4.78, 5) is 81.2. The van der Waals surface area contributed by atoms with E-state index in [-0.39, 0.29) is 95.5 Å². The number of unbranched alkanes of at least 4 members (excludes halogenated alkanes) is 4. The number of piperidine rings is 2. The van der Waals surface area contributed by atoms with Gasteiger partial charge in [0.25, 0.3) is 5.91 Å². The molecule has 5 aromatic rings. The molecule has 0 aliphatic carbocycles. The first-order valence-electron chi connectivity index (χ1n) is 25.2. The number of benzene rings is 3. The molecule has 0 bridgehead atoms. The Morgan fingerprint density at radius 2 is 1.64 bits per heavy atom. The lowest BCUT2D eigenvalue weighted by Crippen LogP contribution is -2.54. The molecule has 4 aliphatic rings. The molecule has 1 unspecified atom stereocenters. The van der Waals surface area contributed by atoms with Gasteiger partial charge in [0, 0.05) is 44.2 Å². The maximum Gasteiger partial charge on any atom is 0.355 e. The van der Waals surface area contributed by atoms with E-state index in [1.165, 1.54) is 39.8 Å². The molecule has 0 spiro atoms. The van der Waals surface area contributed by atoms with Crippen LogP contribution in [-0.4, -0.2) is 111 Å². The highest BCUT2D eigenvalue weighted by atomic mass is 19.1. The summed E-state index contributed by atoms with van der Waals surface area (Å²) < 4.78 is 55.2. The molecule has 14 nitrogen and oxygen atoms in total. The van der Waals surface area contributed by atoms with Crippen molar-refractivity contribution in [1.82, 2.24) is 34.6 Å². The standard InChI is InChI=1S/C55H61F3N8O6/c1-5-48(68)63-25-26-64(34(4)31-63)51-40-30-43(58)50(60-52(40)66(55(71)61-51)44-16-10-9-14-37(44)33(2)3)49-42(57)15-13-17-46(49)72-27-12-8-6-7-11-22-62-23-20-35(21-24-62)38-28-36(56)29-39-41(38)32-65(54(39)70)45-18-19-47(67)59-53(45)69/h5,9-10,13-17,28-30,33-35,45H,1,6-8,11-12,18-27,31-32H2,2-4H3,(H,59,67,69)/t34-,45?/m0/s1. The highest BCUT2D eigenvalue weighted by Crippen LogP contribution is 2.40.